The van der Waals surface area contributed by atoms with Crippen LogP contribution in [0, 0.1) is 0 Å². The van der Waals surface area contributed by atoms with Gasteiger partial charge < -0.3 is 19.9 Å². The van der Waals surface area contributed by atoms with Gasteiger partial charge in [-0.15, -0.1) is 0 Å². The van der Waals surface area contributed by atoms with Crippen LogP contribution in [0.5, 0.6) is 0 Å². The summed E-state index contributed by atoms with van der Waals surface area (Å²) in [5.41, 5.74) is 2.00. The zero-order chi connectivity index (χ0) is 14.7. The van der Waals surface area contributed by atoms with Crippen molar-refractivity contribution in [1.29, 1.82) is 0 Å². The minimum atomic E-state index is -0.305. The van der Waals surface area contributed by atoms with E-state index in [1.54, 1.807) is 4.90 Å². The maximum atomic E-state index is 11.9. The van der Waals surface area contributed by atoms with Gasteiger partial charge in [-0.2, -0.15) is 0 Å². The minimum Gasteiger partial charge on any atom is -0.448 e. The van der Waals surface area contributed by atoms with E-state index in [1.165, 1.54) is 0 Å². The first kappa shape index (κ1) is 13.5. The summed E-state index contributed by atoms with van der Waals surface area (Å²) in [7, 11) is 0. The molecule has 0 saturated carbocycles. The Labute approximate surface area is 122 Å². The fourth-order valence-corrected chi connectivity index (χ4v) is 2.47. The number of aromatic amines is 1. The average molecular weight is 287 g/mol. The maximum Gasteiger partial charge on any atom is 0.409 e. The second-order valence-electron chi connectivity index (χ2n) is 4.99. The number of nitrogens with one attached hydrogen (secondary N) is 2. The highest BCUT2D eigenvalue weighted by Crippen LogP contribution is 2.17. The van der Waals surface area contributed by atoms with E-state index < -0.39 is 0 Å². The summed E-state index contributed by atoms with van der Waals surface area (Å²) in [4.78, 5) is 27.9. The van der Waals surface area contributed by atoms with E-state index in [0.717, 1.165) is 16.5 Å². The third-order valence-corrected chi connectivity index (χ3v) is 3.57. The molecule has 1 fully saturated rings. The first-order valence-corrected chi connectivity index (χ1v) is 6.97. The van der Waals surface area contributed by atoms with Crippen LogP contribution in [0.25, 0.3) is 10.9 Å². The van der Waals surface area contributed by atoms with E-state index in [-0.39, 0.29) is 12.0 Å². The number of carbonyl (C=O) groups excluding carboxylic acids is 2. The van der Waals surface area contributed by atoms with E-state index in [9.17, 15) is 9.59 Å². The van der Waals surface area contributed by atoms with Crippen LogP contribution >= 0.6 is 0 Å². The number of benzene rings is 1. The van der Waals surface area contributed by atoms with Crippen molar-refractivity contribution in [2.24, 2.45) is 0 Å². The van der Waals surface area contributed by atoms with Crippen LogP contribution in [0.2, 0.25) is 0 Å². The molecule has 0 unspecified atom stereocenters. The Hall–Kier alpha value is -2.50. The predicted octanol–water partition coefficient (Wildman–Crippen LogP) is 1.28. The number of fused-ring (bicyclic) bond motifs is 1. The van der Waals surface area contributed by atoms with Gasteiger partial charge >= 0.3 is 6.09 Å². The number of ether oxygens (including phenoxy) is 1. The number of para-hydroxylation sites is 1. The second-order valence-corrected chi connectivity index (χ2v) is 4.99. The smallest absolute Gasteiger partial charge is 0.409 e. The van der Waals surface area contributed by atoms with Gasteiger partial charge in [0.1, 0.15) is 6.61 Å². The van der Waals surface area contributed by atoms with Gasteiger partial charge in [0.25, 0.3) is 0 Å². The lowest BCUT2D eigenvalue weighted by molar-refractivity contribution is -0.120. The summed E-state index contributed by atoms with van der Waals surface area (Å²) < 4.78 is 4.83. The molecule has 1 aromatic carbocycles. The largest absolute Gasteiger partial charge is 0.448 e. The molecule has 1 aliphatic rings. The van der Waals surface area contributed by atoms with Gasteiger partial charge in [0, 0.05) is 30.2 Å². The number of H-pyrrole nitrogens is 1. The topological polar surface area (TPSA) is 74.4 Å². The van der Waals surface area contributed by atoms with Crippen molar-refractivity contribution < 1.29 is 14.3 Å². The summed E-state index contributed by atoms with van der Waals surface area (Å²) in [6.07, 6.45) is 1.89. The Bertz CT molecular complexity index is 665. The van der Waals surface area contributed by atoms with E-state index >= 15 is 0 Å². The number of rotatable bonds is 5. The van der Waals surface area contributed by atoms with E-state index in [1.807, 2.05) is 30.5 Å². The van der Waals surface area contributed by atoms with Gasteiger partial charge in [-0.05, 0) is 11.6 Å². The highest BCUT2D eigenvalue weighted by molar-refractivity contribution is 5.88. The molecule has 110 valence electrons. The Morgan fingerprint density at radius 3 is 3.05 bits per heavy atom. The van der Waals surface area contributed by atoms with Crippen molar-refractivity contribution in [2.45, 2.75) is 6.42 Å². The highest BCUT2D eigenvalue weighted by atomic mass is 16.6. The molecule has 21 heavy (non-hydrogen) atoms. The summed E-state index contributed by atoms with van der Waals surface area (Å²) in [5, 5.41) is 3.90. The Kier molecular flexibility index (Phi) is 3.77. The number of aromatic nitrogens is 1. The standard InChI is InChI=1S/C15H17N3O3/c19-14(16-5-6-18-7-8-21-15(18)20)9-11-10-17-13-4-2-1-3-12(11)13/h1-4,10,17H,5-9H2,(H,16,19). The van der Waals surface area contributed by atoms with Crippen molar-refractivity contribution in [3.05, 3.63) is 36.0 Å². The lowest BCUT2D eigenvalue weighted by Crippen LogP contribution is -2.36. The Balaban J connectivity index is 1.51. The van der Waals surface area contributed by atoms with Gasteiger partial charge in [0.05, 0.1) is 13.0 Å². The molecule has 0 atom stereocenters. The molecule has 1 aliphatic heterocycles. The van der Waals surface area contributed by atoms with Crippen molar-refractivity contribution >= 4 is 22.9 Å². The third-order valence-electron chi connectivity index (χ3n) is 3.57. The van der Waals surface area contributed by atoms with Crippen LogP contribution in [-0.4, -0.2) is 48.1 Å². The molecule has 2 amide bonds. The molecule has 6 nitrogen and oxygen atoms in total. The number of nitrogens with zero attached hydrogens (tertiary/aromatic N) is 1. The van der Waals surface area contributed by atoms with Crippen molar-refractivity contribution in [3.63, 3.8) is 0 Å². The third kappa shape index (κ3) is 2.99. The molecule has 0 spiro atoms. The number of amides is 2. The number of cyclic esters (lactones) is 1. The van der Waals surface area contributed by atoms with Crippen molar-refractivity contribution in [3.8, 4) is 0 Å². The van der Waals surface area contributed by atoms with Gasteiger partial charge in [0.15, 0.2) is 0 Å². The van der Waals surface area contributed by atoms with Gasteiger partial charge in [-0.3, -0.25) is 4.79 Å². The molecular formula is C15H17N3O3. The van der Waals surface area contributed by atoms with Gasteiger partial charge in [-0.1, -0.05) is 18.2 Å². The van der Waals surface area contributed by atoms with E-state index in [0.29, 0.717) is 32.7 Å². The molecular weight excluding hydrogens is 270 g/mol. The van der Waals surface area contributed by atoms with Crippen LogP contribution in [0.1, 0.15) is 5.56 Å². The minimum absolute atomic E-state index is 0.0488. The fraction of sp³-hybridized carbons (Fsp3) is 0.333. The highest BCUT2D eigenvalue weighted by Gasteiger charge is 2.21. The lowest BCUT2D eigenvalue weighted by atomic mass is 10.1. The quantitative estimate of drug-likeness (QED) is 0.870. The van der Waals surface area contributed by atoms with E-state index in [4.69, 9.17) is 4.74 Å². The van der Waals surface area contributed by atoms with Gasteiger partial charge in [-0.25, -0.2) is 4.79 Å². The molecule has 6 heteroatoms. The molecule has 3 rings (SSSR count). The SMILES string of the molecule is O=C(Cc1c[nH]c2ccccc12)NCCN1CCOC1=O. The van der Waals surface area contributed by atoms with Crippen molar-refractivity contribution in [2.75, 3.05) is 26.2 Å². The molecule has 2 N–H and O–H groups in total. The predicted molar refractivity (Wildman–Crippen MR) is 77.9 cm³/mol. The molecule has 2 heterocycles. The van der Waals surface area contributed by atoms with Crippen molar-refractivity contribution in [1.82, 2.24) is 15.2 Å². The molecule has 0 bridgehead atoms. The fourth-order valence-electron chi connectivity index (χ4n) is 2.47. The van der Waals surface area contributed by atoms with Crippen LogP contribution < -0.4 is 5.32 Å². The lowest BCUT2D eigenvalue weighted by Gasteiger charge is -2.12. The summed E-state index contributed by atoms with van der Waals surface area (Å²) in [6, 6.07) is 7.89. The zero-order valence-electron chi connectivity index (χ0n) is 11.6. The first-order valence-electron chi connectivity index (χ1n) is 6.97. The number of hydrogen-bond acceptors (Lipinski definition) is 3. The summed E-state index contributed by atoms with van der Waals surface area (Å²) in [5.74, 6) is -0.0488. The average Bonchev–Trinajstić information content (AvgIpc) is 3.07. The first-order chi connectivity index (χ1) is 10.2. The zero-order valence-corrected chi connectivity index (χ0v) is 11.6. The Morgan fingerprint density at radius 1 is 1.38 bits per heavy atom. The van der Waals surface area contributed by atoms with Gasteiger partial charge in [0.2, 0.25) is 5.91 Å². The van der Waals surface area contributed by atoms with E-state index in [2.05, 4.69) is 10.3 Å². The number of hydrogen-bond donors (Lipinski definition) is 2. The van der Waals surface area contributed by atoms with Crippen LogP contribution in [0.15, 0.2) is 30.5 Å². The molecule has 2 aromatic rings. The maximum absolute atomic E-state index is 11.9. The molecule has 1 saturated heterocycles. The number of carbonyl (C=O) groups is 2. The summed E-state index contributed by atoms with van der Waals surface area (Å²) >= 11 is 0. The molecule has 0 radical (unpaired) electrons. The monoisotopic (exact) mass is 287 g/mol. The molecule has 1 aromatic heterocycles. The second kappa shape index (κ2) is 5.87. The van der Waals surface area contributed by atoms with Crippen LogP contribution in [-0.2, 0) is 16.0 Å². The van der Waals surface area contributed by atoms with Crippen LogP contribution in [0.4, 0.5) is 4.79 Å². The summed E-state index contributed by atoms with van der Waals surface area (Å²) in [6.45, 7) is 1.95. The molecule has 0 aliphatic carbocycles. The van der Waals surface area contributed by atoms with Crippen LogP contribution in [0.3, 0.4) is 0 Å². The Morgan fingerprint density at radius 2 is 2.24 bits per heavy atom. The normalized spacial score (nSPS) is 14.5.